The Hall–Kier alpha value is -3.45. The highest BCUT2D eigenvalue weighted by molar-refractivity contribution is 5.88. The van der Waals surface area contributed by atoms with E-state index in [0.29, 0.717) is 17.0 Å². The summed E-state index contributed by atoms with van der Waals surface area (Å²) < 4.78 is 0. The average Bonchev–Trinajstić information content (AvgIpc) is 3.30. The van der Waals surface area contributed by atoms with Gasteiger partial charge in [0.1, 0.15) is 0 Å². The first kappa shape index (κ1) is 19.5. The minimum atomic E-state index is -0.899. The van der Waals surface area contributed by atoms with Crippen molar-refractivity contribution in [2.75, 3.05) is 31.1 Å². The lowest BCUT2D eigenvalue weighted by atomic mass is 10.1. The Morgan fingerprint density at radius 3 is 2.61 bits per heavy atom. The molecule has 3 heterocycles. The van der Waals surface area contributed by atoms with Gasteiger partial charge in [-0.3, -0.25) is 14.7 Å². The third-order valence-electron chi connectivity index (χ3n) is 6.32. The van der Waals surface area contributed by atoms with Gasteiger partial charge < -0.3 is 15.0 Å². The van der Waals surface area contributed by atoms with Crippen molar-refractivity contribution >= 4 is 28.1 Å². The molecule has 0 spiro atoms. The number of allylic oxidation sites excluding steroid dienone is 1. The van der Waals surface area contributed by atoms with E-state index in [2.05, 4.69) is 25.8 Å². The zero-order valence-electron chi connectivity index (χ0n) is 17.1. The first-order valence-electron chi connectivity index (χ1n) is 10.6. The summed E-state index contributed by atoms with van der Waals surface area (Å²) in [4.78, 5) is 35.6. The second kappa shape index (κ2) is 8.00. The molecule has 5 rings (SSSR count). The number of hydrogen-bond acceptors (Lipinski definition) is 5. The van der Waals surface area contributed by atoms with Crippen LogP contribution in [-0.4, -0.2) is 58.2 Å². The predicted molar refractivity (Wildman–Crippen MR) is 121 cm³/mol. The minimum absolute atomic E-state index is 0.0903. The second-order valence-electron chi connectivity index (χ2n) is 8.12. The van der Waals surface area contributed by atoms with Gasteiger partial charge in [0.15, 0.2) is 0 Å². The van der Waals surface area contributed by atoms with Crippen LogP contribution in [0, 0.1) is 0 Å². The lowest BCUT2D eigenvalue weighted by Crippen LogP contribution is -2.49. The number of nitrogens with zero attached hydrogens (tertiary/aromatic N) is 3. The van der Waals surface area contributed by atoms with Gasteiger partial charge in [-0.05, 0) is 60.9 Å². The van der Waals surface area contributed by atoms with E-state index in [1.54, 1.807) is 30.5 Å². The van der Waals surface area contributed by atoms with Crippen molar-refractivity contribution in [3.63, 3.8) is 0 Å². The van der Waals surface area contributed by atoms with E-state index in [9.17, 15) is 9.59 Å². The largest absolute Gasteiger partial charge is 0.478 e. The topological polar surface area (TPSA) is 89.5 Å². The fourth-order valence-corrected chi connectivity index (χ4v) is 4.60. The van der Waals surface area contributed by atoms with E-state index in [1.807, 2.05) is 18.2 Å². The smallest absolute Gasteiger partial charge is 0.335 e. The number of carboxylic acids is 1. The third-order valence-corrected chi connectivity index (χ3v) is 6.32. The maximum atomic E-state index is 12.4. The van der Waals surface area contributed by atoms with Crippen LogP contribution in [0.5, 0.6) is 0 Å². The highest BCUT2D eigenvalue weighted by Gasteiger charge is 2.27. The molecule has 1 saturated heterocycles. The minimum Gasteiger partial charge on any atom is -0.478 e. The van der Waals surface area contributed by atoms with Crippen LogP contribution in [0.25, 0.3) is 16.5 Å². The van der Waals surface area contributed by atoms with Crippen LogP contribution in [0.1, 0.15) is 28.9 Å². The van der Waals surface area contributed by atoms with Gasteiger partial charge in [-0.2, -0.15) is 0 Å². The summed E-state index contributed by atoms with van der Waals surface area (Å²) in [6.07, 6.45) is 5.99. The average molecular weight is 416 g/mol. The SMILES string of the molecule is O=C(O)c1ccc(N2CCN(C3C=C(c4cc5ncccc5c(=O)[nH]4)CC3)CC2)cc1. The van der Waals surface area contributed by atoms with E-state index in [1.165, 1.54) is 5.57 Å². The predicted octanol–water partition coefficient (Wildman–Crippen LogP) is 2.99. The normalized spacial score (nSPS) is 19.5. The molecule has 2 aliphatic rings. The molecule has 1 aromatic carbocycles. The first-order chi connectivity index (χ1) is 15.1. The Bertz CT molecular complexity index is 1210. The lowest BCUT2D eigenvalue weighted by molar-refractivity contribution is 0.0697. The Morgan fingerprint density at radius 2 is 1.87 bits per heavy atom. The molecule has 31 heavy (non-hydrogen) atoms. The van der Waals surface area contributed by atoms with E-state index in [4.69, 9.17) is 5.11 Å². The number of benzene rings is 1. The second-order valence-corrected chi connectivity index (χ2v) is 8.12. The van der Waals surface area contributed by atoms with Crippen LogP contribution in [0.4, 0.5) is 5.69 Å². The number of hydrogen-bond donors (Lipinski definition) is 2. The molecule has 7 heteroatoms. The number of piperazine rings is 1. The molecule has 0 saturated carbocycles. The highest BCUT2D eigenvalue weighted by atomic mass is 16.4. The number of carbonyl (C=O) groups is 1. The molecule has 1 aliphatic heterocycles. The van der Waals surface area contributed by atoms with Crippen molar-refractivity contribution in [2.24, 2.45) is 0 Å². The quantitative estimate of drug-likeness (QED) is 0.680. The number of rotatable bonds is 4. The van der Waals surface area contributed by atoms with Crippen LogP contribution in [0.15, 0.2) is 59.5 Å². The van der Waals surface area contributed by atoms with Gasteiger partial charge in [0.2, 0.25) is 0 Å². The Balaban J connectivity index is 1.27. The van der Waals surface area contributed by atoms with Crippen molar-refractivity contribution in [3.8, 4) is 0 Å². The summed E-state index contributed by atoms with van der Waals surface area (Å²) in [6, 6.07) is 13.0. The molecule has 1 unspecified atom stereocenters. The summed E-state index contributed by atoms with van der Waals surface area (Å²) >= 11 is 0. The van der Waals surface area contributed by atoms with Gasteiger partial charge in [0.25, 0.3) is 5.56 Å². The molecule has 1 aliphatic carbocycles. The number of H-pyrrole nitrogens is 1. The van der Waals surface area contributed by atoms with Crippen molar-refractivity contribution in [1.82, 2.24) is 14.9 Å². The number of aromatic amines is 1. The van der Waals surface area contributed by atoms with Crippen LogP contribution in [0.3, 0.4) is 0 Å². The lowest BCUT2D eigenvalue weighted by Gasteiger charge is -2.38. The van der Waals surface area contributed by atoms with Gasteiger partial charge in [0.05, 0.1) is 16.5 Å². The van der Waals surface area contributed by atoms with Gasteiger partial charge in [-0.25, -0.2) is 4.79 Å². The maximum absolute atomic E-state index is 12.4. The van der Waals surface area contributed by atoms with Crippen LogP contribution >= 0.6 is 0 Å². The number of nitrogens with one attached hydrogen (secondary N) is 1. The van der Waals surface area contributed by atoms with Gasteiger partial charge >= 0.3 is 5.97 Å². The monoisotopic (exact) mass is 416 g/mol. The van der Waals surface area contributed by atoms with Crippen LogP contribution in [0.2, 0.25) is 0 Å². The first-order valence-corrected chi connectivity index (χ1v) is 10.6. The fourth-order valence-electron chi connectivity index (χ4n) is 4.60. The zero-order chi connectivity index (χ0) is 21.4. The number of pyridine rings is 2. The third kappa shape index (κ3) is 3.84. The van der Waals surface area contributed by atoms with Crippen LogP contribution < -0.4 is 10.5 Å². The summed E-state index contributed by atoms with van der Waals surface area (Å²) in [6.45, 7) is 3.71. The molecule has 7 nitrogen and oxygen atoms in total. The Kier molecular flexibility index (Phi) is 5.03. The molecule has 158 valence electrons. The Morgan fingerprint density at radius 1 is 1.10 bits per heavy atom. The zero-order valence-corrected chi connectivity index (χ0v) is 17.1. The van der Waals surface area contributed by atoms with E-state index in [-0.39, 0.29) is 5.56 Å². The number of anilines is 1. The highest BCUT2D eigenvalue weighted by Crippen LogP contribution is 2.31. The fraction of sp³-hybridized carbons (Fsp3) is 0.292. The maximum Gasteiger partial charge on any atom is 0.335 e. The molecule has 2 aromatic heterocycles. The van der Waals surface area contributed by atoms with Crippen molar-refractivity contribution in [1.29, 1.82) is 0 Å². The standard InChI is InChI=1S/C24H24N4O3/c29-23-20-2-1-9-25-22(20)15-21(26-23)17-5-8-19(14-17)28-12-10-27(11-13-28)18-6-3-16(4-7-18)24(30)31/h1-4,6-7,9,14-15,19H,5,8,10-13H2,(H,26,29)(H,30,31). The number of aromatic carboxylic acids is 1. The summed E-state index contributed by atoms with van der Waals surface area (Å²) in [7, 11) is 0. The molecule has 1 atom stereocenters. The molecule has 0 amide bonds. The molecular weight excluding hydrogens is 392 g/mol. The van der Waals surface area contributed by atoms with E-state index in [0.717, 1.165) is 55.9 Å². The van der Waals surface area contributed by atoms with E-state index >= 15 is 0 Å². The molecule has 0 bridgehead atoms. The van der Waals surface area contributed by atoms with Crippen molar-refractivity contribution < 1.29 is 9.90 Å². The van der Waals surface area contributed by atoms with Gasteiger partial charge in [0, 0.05) is 49.8 Å². The number of aromatic nitrogens is 2. The molecule has 1 fully saturated rings. The van der Waals surface area contributed by atoms with Crippen molar-refractivity contribution in [3.05, 3.63) is 76.3 Å². The summed E-state index contributed by atoms with van der Waals surface area (Å²) in [5.41, 5.74) is 4.07. The molecule has 0 radical (unpaired) electrons. The molecule has 3 aromatic rings. The molecule has 2 N–H and O–H groups in total. The Labute approximate surface area is 179 Å². The van der Waals surface area contributed by atoms with E-state index < -0.39 is 5.97 Å². The van der Waals surface area contributed by atoms with Gasteiger partial charge in [-0.15, -0.1) is 0 Å². The molecular formula is C24H24N4O3. The number of carboxylic acid groups (broad SMARTS) is 1. The van der Waals surface area contributed by atoms with Gasteiger partial charge in [-0.1, -0.05) is 6.08 Å². The number of fused-ring (bicyclic) bond motifs is 1. The van der Waals surface area contributed by atoms with Crippen molar-refractivity contribution in [2.45, 2.75) is 18.9 Å². The van der Waals surface area contributed by atoms with Crippen LogP contribution in [-0.2, 0) is 0 Å². The summed E-state index contributed by atoms with van der Waals surface area (Å²) in [5, 5.41) is 9.68. The summed E-state index contributed by atoms with van der Waals surface area (Å²) in [5.74, 6) is -0.899.